The van der Waals surface area contributed by atoms with Crippen LogP contribution >= 0.6 is 11.8 Å². The molecule has 0 aliphatic carbocycles. The summed E-state index contributed by atoms with van der Waals surface area (Å²) >= 11 is 1.88. The average molecular weight is 195 g/mol. The number of hydrogen-bond acceptors (Lipinski definition) is 3. The van der Waals surface area contributed by atoms with E-state index in [0.29, 0.717) is 6.04 Å². The third kappa shape index (κ3) is 1.75. The number of anilines is 1. The zero-order valence-corrected chi connectivity index (χ0v) is 8.65. The highest BCUT2D eigenvalue weighted by Gasteiger charge is 2.14. The maximum Gasteiger partial charge on any atom is 0.120 e. The van der Waals surface area contributed by atoms with Crippen LogP contribution < -0.4 is 10.1 Å². The molecule has 1 aromatic rings. The molecule has 0 saturated heterocycles. The minimum Gasteiger partial charge on any atom is -0.497 e. The molecule has 0 aromatic heterocycles. The summed E-state index contributed by atoms with van der Waals surface area (Å²) < 4.78 is 5.17. The highest BCUT2D eigenvalue weighted by atomic mass is 32.2. The fourth-order valence-electron chi connectivity index (χ4n) is 1.39. The molecule has 1 aliphatic rings. The third-order valence-corrected chi connectivity index (χ3v) is 3.39. The normalized spacial score (nSPS) is 20.3. The van der Waals surface area contributed by atoms with Crippen LogP contribution in [0, 0.1) is 0 Å². The first-order valence-electron chi connectivity index (χ1n) is 4.37. The fraction of sp³-hybridized carbons (Fsp3) is 0.400. The van der Waals surface area contributed by atoms with Gasteiger partial charge in [0.25, 0.3) is 0 Å². The van der Waals surface area contributed by atoms with Crippen molar-refractivity contribution in [3.05, 3.63) is 18.2 Å². The van der Waals surface area contributed by atoms with Crippen LogP contribution in [0.1, 0.15) is 6.92 Å². The van der Waals surface area contributed by atoms with Gasteiger partial charge < -0.3 is 10.1 Å². The van der Waals surface area contributed by atoms with Crippen molar-refractivity contribution in [2.24, 2.45) is 0 Å². The monoisotopic (exact) mass is 195 g/mol. The van der Waals surface area contributed by atoms with Crippen LogP contribution in [0.25, 0.3) is 0 Å². The summed E-state index contributed by atoms with van der Waals surface area (Å²) in [6.45, 7) is 2.19. The van der Waals surface area contributed by atoms with E-state index in [-0.39, 0.29) is 0 Å². The zero-order valence-electron chi connectivity index (χ0n) is 7.83. The van der Waals surface area contributed by atoms with E-state index in [9.17, 15) is 0 Å². The van der Waals surface area contributed by atoms with E-state index in [0.717, 1.165) is 11.5 Å². The van der Waals surface area contributed by atoms with E-state index in [1.165, 1.54) is 10.6 Å². The Hall–Kier alpha value is -0.830. The third-order valence-electron chi connectivity index (χ3n) is 2.08. The first-order valence-corrected chi connectivity index (χ1v) is 5.35. The number of hydrogen-bond donors (Lipinski definition) is 1. The zero-order chi connectivity index (χ0) is 9.26. The summed E-state index contributed by atoms with van der Waals surface area (Å²) in [6, 6.07) is 6.71. The Labute approximate surface area is 82.7 Å². The first kappa shape index (κ1) is 8.75. The number of nitrogens with one attached hydrogen (secondary N) is 1. The van der Waals surface area contributed by atoms with E-state index in [4.69, 9.17) is 4.74 Å². The SMILES string of the molecule is COc1ccc2c(c1)SCC(C)N2. The Bertz CT molecular complexity index is 314. The van der Waals surface area contributed by atoms with Crippen molar-refractivity contribution in [3.63, 3.8) is 0 Å². The molecule has 1 aliphatic heterocycles. The largest absolute Gasteiger partial charge is 0.497 e. The van der Waals surface area contributed by atoms with Crippen LogP contribution in [0.15, 0.2) is 23.1 Å². The molecule has 1 unspecified atom stereocenters. The fourth-order valence-corrected chi connectivity index (χ4v) is 2.39. The number of benzene rings is 1. The van der Waals surface area contributed by atoms with E-state index < -0.39 is 0 Å². The molecule has 0 spiro atoms. The Balaban J connectivity index is 2.31. The molecule has 2 nitrogen and oxygen atoms in total. The number of methoxy groups -OCH3 is 1. The lowest BCUT2D eigenvalue weighted by molar-refractivity contribution is 0.413. The summed E-state index contributed by atoms with van der Waals surface area (Å²) in [7, 11) is 1.70. The average Bonchev–Trinajstić information content (AvgIpc) is 2.17. The molecule has 0 saturated carbocycles. The van der Waals surface area contributed by atoms with Gasteiger partial charge in [0.1, 0.15) is 5.75 Å². The second-order valence-corrected chi connectivity index (χ2v) is 4.28. The number of rotatable bonds is 1. The molecule has 0 fully saturated rings. The quantitative estimate of drug-likeness (QED) is 0.744. The van der Waals surface area contributed by atoms with Crippen LogP contribution in [-0.4, -0.2) is 18.9 Å². The minimum absolute atomic E-state index is 0.561. The van der Waals surface area contributed by atoms with Crippen LogP contribution in [-0.2, 0) is 0 Å². The smallest absolute Gasteiger partial charge is 0.120 e. The van der Waals surface area contributed by atoms with Crippen molar-refractivity contribution in [3.8, 4) is 5.75 Å². The molecule has 0 radical (unpaired) electrons. The molecule has 0 bridgehead atoms. The van der Waals surface area contributed by atoms with E-state index in [2.05, 4.69) is 24.4 Å². The summed E-state index contributed by atoms with van der Waals surface area (Å²) in [5.74, 6) is 2.06. The number of ether oxygens (including phenoxy) is 1. The van der Waals surface area contributed by atoms with E-state index >= 15 is 0 Å². The van der Waals surface area contributed by atoms with Crippen LogP contribution in [0.3, 0.4) is 0 Å². The van der Waals surface area contributed by atoms with Gasteiger partial charge in [-0.25, -0.2) is 0 Å². The Kier molecular flexibility index (Phi) is 2.36. The first-order chi connectivity index (χ1) is 6.29. The molecular formula is C10H13NOS. The lowest BCUT2D eigenvalue weighted by atomic mass is 10.2. The number of thioether (sulfide) groups is 1. The van der Waals surface area contributed by atoms with Gasteiger partial charge in [-0.2, -0.15) is 0 Å². The molecule has 0 amide bonds. The van der Waals surface area contributed by atoms with Gasteiger partial charge >= 0.3 is 0 Å². The van der Waals surface area contributed by atoms with Crippen LogP contribution in [0.5, 0.6) is 5.75 Å². The second kappa shape index (κ2) is 3.50. The predicted molar refractivity (Wildman–Crippen MR) is 56.8 cm³/mol. The van der Waals surface area contributed by atoms with Gasteiger partial charge in [-0.1, -0.05) is 0 Å². The standard InChI is InChI=1S/C10H13NOS/c1-7-6-13-10-5-8(12-2)3-4-9(10)11-7/h3-5,7,11H,6H2,1-2H3. The molecule has 13 heavy (non-hydrogen) atoms. The van der Waals surface area contributed by atoms with Gasteiger partial charge in [-0.15, -0.1) is 11.8 Å². The molecule has 1 N–H and O–H groups in total. The maximum absolute atomic E-state index is 5.17. The summed E-state index contributed by atoms with van der Waals surface area (Å²) in [6.07, 6.45) is 0. The van der Waals surface area contributed by atoms with Gasteiger partial charge in [0, 0.05) is 22.4 Å². The van der Waals surface area contributed by atoms with Crippen molar-refractivity contribution >= 4 is 17.4 Å². The van der Waals surface area contributed by atoms with Gasteiger partial charge in [-0.05, 0) is 25.1 Å². The van der Waals surface area contributed by atoms with Gasteiger partial charge in [0.2, 0.25) is 0 Å². The second-order valence-electron chi connectivity index (χ2n) is 3.22. The van der Waals surface area contributed by atoms with Gasteiger partial charge in [-0.3, -0.25) is 0 Å². The Morgan fingerprint density at radius 3 is 3.15 bits per heavy atom. The lowest BCUT2D eigenvalue weighted by Gasteiger charge is -2.23. The van der Waals surface area contributed by atoms with Crippen molar-refractivity contribution in [1.29, 1.82) is 0 Å². The molecule has 70 valence electrons. The van der Waals surface area contributed by atoms with Crippen molar-refractivity contribution in [2.45, 2.75) is 17.9 Å². The van der Waals surface area contributed by atoms with E-state index in [1.807, 2.05) is 17.8 Å². The summed E-state index contributed by atoms with van der Waals surface area (Å²) in [5, 5.41) is 3.43. The van der Waals surface area contributed by atoms with Gasteiger partial charge in [0.05, 0.1) is 7.11 Å². The lowest BCUT2D eigenvalue weighted by Crippen LogP contribution is -2.21. The highest BCUT2D eigenvalue weighted by Crippen LogP contribution is 2.35. The molecular weight excluding hydrogens is 182 g/mol. The molecule has 1 aromatic carbocycles. The minimum atomic E-state index is 0.561. The van der Waals surface area contributed by atoms with Crippen LogP contribution in [0.2, 0.25) is 0 Å². The molecule has 2 rings (SSSR count). The molecule has 1 atom stereocenters. The van der Waals surface area contributed by atoms with Gasteiger partial charge in [0.15, 0.2) is 0 Å². The van der Waals surface area contributed by atoms with Crippen LogP contribution in [0.4, 0.5) is 5.69 Å². The summed E-state index contributed by atoms with van der Waals surface area (Å²) in [4.78, 5) is 1.29. The topological polar surface area (TPSA) is 21.3 Å². The Morgan fingerprint density at radius 2 is 2.38 bits per heavy atom. The number of fused-ring (bicyclic) bond motifs is 1. The van der Waals surface area contributed by atoms with E-state index in [1.54, 1.807) is 7.11 Å². The predicted octanol–water partition coefficient (Wildman–Crippen LogP) is 2.60. The highest BCUT2D eigenvalue weighted by molar-refractivity contribution is 7.99. The summed E-state index contributed by atoms with van der Waals surface area (Å²) in [5.41, 5.74) is 1.23. The Morgan fingerprint density at radius 1 is 1.54 bits per heavy atom. The van der Waals surface area contributed by atoms with Crippen molar-refractivity contribution in [1.82, 2.24) is 0 Å². The molecule has 3 heteroatoms. The molecule has 1 heterocycles. The van der Waals surface area contributed by atoms with Crippen molar-refractivity contribution in [2.75, 3.05) is 18.2 Å². The maximum atomic E-state index is 5.17. The van der Waals surface area contributed by atoms with Crippen molar-refractivity contribution < 1.29 is 4.74 Å².